The fraction of sp³-hybridized carbons (Fsp3) is 0.379. The van der Waals surface area contributed by atoms with Crippen LogP contribution in [0.3, 0.4) is 0 Å². The number of benzene rings is 3. The third-order valence-corrected chi connectivity index (χ3v) is 8.38. The van der Waals surface area contributed by atoms with Gasteiger partial charge >= 0.3 is 0 Å². The van der Waals surface area contributed by atoms with Crippen LogP contribution < -0.4 is 5.32 Å². The summed E-state index contributed by atoms with van der Waals surface area (Å²) in [5.41, 5.74) is 3.59. The number of carbonyl (C=O) groups excluding carboxylic acids is 1. The molecule has 1 N–H and O–H groups in total. The third-order valence-electron chi connectivity index (χ3n) is 8.38. The lowest BCUT2D eigenvalue weighted by atomic mass is 9.49. The van der Waals surface area contributed by atoms with Gasteiger partial charge in [-0.25, -0.2) is 4.98 Å². The number of fused-ring (bicyclic) bond motifs is 3. The van der Waals surface area contributed by atoms with E-state index in [1.165, 1.54) is 38.5 Å². The highest BCUT2D eigenvalue weighted by molar-refractivity contribution is 6.04. The van der Waals surface area contributed by atoms with E-state index < -0.39 is 0 Å². The molecule has 1 aromatic heterocycles. The molecule has 1 amide bonds. The normalized spacial score (nSPS) is 27.9. The Hall–Kier alpha value is -3.14. The van der Waals surface area contributed by atoms with Gasteiger partial charge in [-0.15, -0.1) is 0 Å². The average molecular weight is 437 g/mol. The molecule has 0 radical (unpaired) electrons. The zero-order valence-electron chi connectivity index (χ0n) is 18.7. The molecule has 4 aromatic rings. The Morgan fingerprint density at radius 1 is 0.939 bits per heavy atom. The second-order valence-corrected chi connectivity index (χ2v) is 10.9. The summed E-state index contributed by atoms with van der Waals surface area (Å²) >= 11 is 0. The lowest BCUT2D eigenvalue weighted by molar-refractivity contribution is -0.124. The average Bonchev–Trinajstić information content (AvgIpc) is 3.23. The van der Waals surface area contributed by atoms with E-state index in [0.29, 0.717) is 12.3 Å². The van der Waals surface area contributed by atoms with E-state index in [0.717, 1.165) is 50.9 Å². The quantitative estimate of drug-likeness (QED) is 0.368. The van der Waals surface area contributed by atoms with Gasteiger partial charge in [0.05, 0.1) is 0 Å². The molecule has 0 saturated heterocycles. The van der Waals surface area contributed by atoms with Gasteiger partial charge in [-0.05, 0) is 91.3 Å². The van der Waals surface area contributed by atoms with Crippen LogP contribution in [0.5, 0.6) is 0 Å². The molecule has 3 aromatic carbocycles. The van der Waals surface area contributed by atoms with Crippen molar-refractivity contribution in [2.75, 3.05) is 5.32 Å². The fourth-order valence-corrected chi connectivity index (χ4v) is 7.57. The summed E-state index contributed by atoms with van der Waals surface area (Å²) in [5, 5.41) is 5.42. The van der Waals surface area contributed by atoms with Gasteiger partial charge in [0.2, 0.25) is 11.8 Å². The first kappa shape index (κ1) is 19.3. The molecule has 4 aliphatic carbocycles. The molecule has 4 aliphatic rings. The van der Waals surface area contributed by atoms with Crippen molar-refractivity contribution < 1.29 is 9.21 Å². The highest BCUT2D eigenvalue weighted by atomic mass is 16.3. The standard InChI is InChI=1S/C29H28N2O2/c32-26(17-29-14-18-10-19(15-29)12-20(11-18)16-29)30-23-6-3-5-22(13-23)28-31-27-24-7-2-1-4-21(24)8-9-25(27)33-28/h1-9,13,18-20H,10-12,14-17H2,(H,30,32). The topological polar surface area (TPSA) is 55.1 Å². The van der Waals surface area contributed by atoms with E-state index in [2.05, 4.69) is 23.5 Å². The first-order valence-corrected chi connectivity index (χ1v) is 12.3. The second-order valence-electron chi connectivity index (χ2n) is 10.9. The predicted molar refractivity (Wildman–Crippen MR) is 131 cm³/mol. The van der Waals surface area contributed by atoms with Crippen LogP contribution in [0.15, 0.2) is 65.1 Å². The zero-order chi connectivity index (χ0) is 22.0. The van der Waals surface area contributed by atoms with Gasteiger partial charge in [-0.1, -0.05) is 36.4 Å². The van der Waals surface area contributed by atoms with E-state index in [9.17, 15) is 4.79 Å². The molecule has 0 unspecified atom stereocenters. The van der Waals surface area contributed by atoms with E-state index in [-0.39, 0.29) is 11.3 Å². The van der Waals surface area contributed by atoms with Crippen molar-refractivity contribution in [2.24, 2.45) is 23.2 Å². The Kier molecular flexibility index (Phi) is 4.21. The molecule has 4 fully saturated rings. The summed E-state index contributed by atoms with van der Waals surface area (Å²) in [6.07, 6.45) is 8.64. The number of rotatable bonds is 4. The Balaban J connectivity index is 1.13. The second kappa shape index (κ2) is 7.18. The molecule has 8 rings (SSSR count). The highest BCUT2D eigenvalue weighted by Crippen LogP contribution is 2.61. The molecule has 1 heterocycles. The minimum atomic E-state index is 0.151. The van der Waals surface area contributed by atoms with Gasteiger partial charge in [-0.3, -0.25) is 4.79 Å². The Morgan fingerprint density at radius 2 is 1.70 bits per heavy atom. The van der Waals surface area contributed by atoms with Crippen molar-refractivity contribution >= 4 is 33.5 Å². The lowest BCUT2D eigenvalue weighted by Crippen LogP contribution is -2.47. The molecule has 4 heteroatoms. The zero-order valence-corrected chi connectivity index (χ0v) is 18.7. The number of anilines is 1. The predicted octanol–water partition coefficient (Wildman–Crippen LogP) is 7.19. The van der Waals surface area contributed by atoms with Crippen molar-refractivity contribution in [2.45, 2.75) is 44.9 Å². The summed E-state index contributed by atoms with van der Waals surface area (Å²) in [6, 6.07) is 20.1. The minimum absolute atomic E-state index is 0.151. The van der Waals surface area contributed by atoms with Gasteiger partial charge in [0.15, 0.2) is 5.58 Å². The van der Waals surface area contributed by atoms with Crippen LogP contribution in [0.1, 0.15) is 44.9 Å². The van der Waals surface area contributed by atoms with E-state index in [4.69, 9.17) is 9.40 Å². The monoisotopic (exact) mass is 436 g/mol. The van der Waals surface area contributed by atoms with E-state index >= 15 is 0 Å². The first-order valence-electron chi connectivity index (χ1n) is 12.3. The molecular weight excluding hydrogens is 408 g/mol. The molecular formula is C29H28N2O2. The largest absolute Gasteiger partial charge is 0.436 e. The van der Waals surface area contributed by atoms with Crippen molar-refractivity contribution in [1.29, 1.82) is 0 Å². The number of carbonyl (C=O) groups is 1. The number of amides is 1. The van der Waals surface area contributed by atoms with Crippen molar-refractivity contribution in [1.82, 2.24) is 4.98 Å². The number of aromatic nitrogens is 1. The molecule has 0 atom stereocenters. The van der Waals surface area contributed by atoms with Gasteiger partial charge in [0, 0.05) is 23.1 Å². The minimum Gasteiger partial charge on any atom is -0.436 e. The maximum absolute atomic E-state index is 13.1. The number of nitrogens with one attached hydrogen (secondary N) is 1. The molecule has 0 spiro atoms. The highest BCUT2D eigenvalue weighted by Gasteiger charge is 2.51. The van der Waals surface area contributed by atoms with Crippen LogP contribution in [0, 0.1) is 23.2 Å². The van der Waals surface area contributed by atoms with Gasteiger partial charge in [0.25, 0.3) is 0 Å². The Bertz CT molecular complexity index is 1350. The first-order chi connectivity index (χ1) is 16.1. The maximum Gasteiger partial charge on any atom is 0.227 e. The fourth-order valence-electron chi connectivity index (χ4n) is 7.57. The summed E-state index contributed by atoms with van der Waals surface area (Å²) in [4.78, 5) is 17.9. The van der Waals surface area contributed by atoms with Crippen LogP contribution in [0.2, 0.25) is 0 Å². The van der Waals surface area contributed by atoms with Crippen molar-refractivity contribution in [3.05, 3.63) is 60.7 Å². The molecule has 33 heavy (non-hydrogen) atoms. The third kappa shape index (κ3) is 3.35. The van der Waals surface area contributed by atoms with Gasteiger partial charge in [-0.2, -0.15) is 0 Å². The Labute approximate surface area is 193 Å². The van der Waals surface area contributed by atoms with Crippen LogP contribution in [-0.4, -0.2) is 10.9 Å². The van der Waals surface area contributed by atoms with Crippen LogP contribution in [0.4, 0.5) is 5.69 Å². The summed E-state index contributed by atoms with van der Waals surface area (Å²) in [6.45, 7) is 0. The summed E-state index contributed by atoms with van der Waals surface area (Å²) in [7, 11) is 0. The summed E-state index contributed by atoms with van der Waals surface area (Å²) < 4.78 is 6.09. The smallest absolute Gasteiger partial charge is 0.227 e. The molecule has 0 aliphatic heterocycles. The maximum atomic E-state index is 13.1. The number of hydrogen-bond donors (Lipinski definition) is 1. The van der Waals surface area contributed by atoms with E-state index in [1.54, 1.807) is 0 Å². The van der Waals surface area contributed by atoms with Crippen LogP contribution in [-0.2, 0) is 4.79 Å². The van der Waals surface area contributed by atoms with Crippen molar-refractivity contribution in [3.63, 3.8) is 0 Å². The van der Waals surface area contributed by atoms with Gasteiger partial charge in [0.1, 0.15) is 5.52 Å². The summed E-state index contributed by atoms with van der Waals surface area (Å²) in [5.74, 6) is 3.32. The van der Waals surface area contributed by atoms with Crippen LogP contribution >= 0.6 is 0 Å². The van der Waals surface area contributed by atoms with Crippen molar-refractivity contribution in [3.8, 4) is 11.5 Å². The number of hydrogen-bond acceptors (Lipinski definition) is 3. The molecule has 4 saturated carbocycles. The molecule has 166 valence electrons. The van der Waals surface area contributed by atoms with E-state index in [1.807, 2.05) is 42.5 Å². The number of oxazole rings is 1. The number of nitrogens with zero attached hydrogens (tertiary/aromatic N) is 1. The Morgan fingerprint density at radius 3 is 2.48 bits per heavy atom. The van der Waals surface area contributed by atoms with Gasteiger partial charge < -0.3 is 9.73 Å². The van der Waals surface area contributed by atoms with Crippen LogP contribution in [0.25, 0.3) is 33.3 Å². The SMILES string of the molecule is O=C(CC12CC3CC(CC(C3)C1)C2)Nc1cccc(-c2nc3c(ccc4ccccc43)o2)c1. The molecule has 4 bridgehead atoms. The lowest BCUT2D eigenvalue weighted by Gasteiger charge is -2.56. The molecule has 4 nitrogen and oxygen atoms in total.